The Kier molecular flexibility index (Phi) is 6.42. The van der Waals surface area contributed by atoms with E-state index in [0.29, 0.717) is 12.1 Å². The molecule has 0 spiro atoms. The maximum atomic E-state index is 12.6. The number of aromatic nitrogens is 3. The quantitative estimate of drug-likeness (QED) is 0.690. The number of halogens is 3. The van der Waals surface area contributed by atoms with Gasteiger partial charge in [-0.15, -0.1) is 0 Å². The third-order valence-corrected chi connectivity index (χ3v) is 6.25. The number of nitrogens with zero attached hydrogens (tertiary/aromatic N) is 3. The van der Waals surface area contributed by atoms with Crippen molar-refractivity contribution in [3.63, 3.8) is 0 Å². The van der Waals surface area contributed by atoms with Crippen LogP contribution in [0.25, 0.3) is 11.4 Å². The summed E-state index contributed by atoms with van der Waals surface area (Å²) in [6, 6.07) is 2.41. The number of hydrogen-bond acceptors (Lipinski definition) is 7. The van der Waals surface area contributed by atoms with Gasteiger partial charge in [0.25, 0.3) is 0 Å². The third-order valence-electron chi connectivity index (χ3n) is 4.88. The highest BCUT2D eigenvalue weighted by atomic mass is 32.2. The van der Waals surface area contributed by atoms with Crippen molar-refractivity contribution in [1.82, 2.24) is 19.8 Å². The van der Waals surface area contributed by atoms with Crippen LogP contribution >= 0.6 is 0 Å². The van der Waals surface area contributed by atoms with Gasteiger partial charge < -0.3 is 9.84 Å². The molecule has 1 aliphatic carbocycles. The summed E-state index contributed by atoms with van der Waals surface area (Å²) in [4.78, 5) is 7.55. The van der Waals surface area contributed by atoms with E-state index in [1.807, 2.05) is 0 Å². The minimum Gasteiger partial charge on any atom is -0.335 e. The molecule has 2 aromatic rings. The first-order valence-corrected chi connectivity index (χ1v) is 10.9. The van der Waals surface area contributed by atoms with Gasteiger partial charge in [0, 0.05) is 24.3 Å². The summed E-state index contributed by atoms with van der Waals surface area (Å²) in [5.74, 6) is 0.500. The van der Waals surface area contributed by atoms with Crippen molar-refractivity contribution in [2.45, 2.75) is 44.8 Å². The van der Waals surface area contributed by atoms with Gasteiger partial charge >= 0.3 is 12.2 Å². The average Bonchev–Trinajstić information content (AvgIpc) is 3.15. The monoisotopic (exact) mass is 433 g/mol. The minimum atomic E-state index is -4.50. The number of sulfonamides is 1. The van der Waals surface area contributed by atoms with Crippen LogP contribution in [-0.4, -0.2) is 41.9 Å². The third kappa shape index (κ3) is 5.89. The molecule has 0 unspecified atom stereocenters. The van der Waals surface area contributed by atoms with Crippen molar-refractivity contribution in [3.8, 4) is 11.4 Å². The Morgan fingerprint density at radius 1 is 1.21 bits per heavy atom. The second-order valence-corrected chi connectivity index (χ2v) is 9.06. The molecule has 1 saturated carbocycles. The lowest BCUT2D eigenvalue weighted by Crippen LogP contribution is -2.34. The molecule has 1 fully saturated rings. The smallest absolute Gasteiger partial charge is 0.335 e. The van der Waals surface area contributed by atoms with Gasteiger partial charge in [-0.1, -0.05) is 5.16 Å². The van der Waals surface area contributed by atoms with Crippen LogP contribution in [0.2, 0.25) is 0 Å². The second kappa shape index (κ2) is 8.66. The van der Waals surface area contributed by atoms with E-state index in [9.17, 15) is 21.6 Å². The maximum absolute atomic E-state index is 12.6. The molecule has 8 nitrogen and oxygen atoms in total. The summed E-state index contributed by atoms with van der Waals surface area (Å²) in [5.41, 5.74) is -0.664. The molecule has 0 aliphatic heterocycles. The summed E-state index contributed by atoms with van der Waals surface area (Å²) < 4.78 is 68.5. The Hall–Kier alpha value is -2.21. The molecule has 3 rings (SSSR count). The normalized spacial score (nSPS) is 20.6. The zero-order valence-corrected chi connectivity index (χ0v) is 16.6. The highest BCUT2D eigenvalue weighted by Crippen LogP contribution is 2.29. The molecule has 0 bridgehead atoms. The molecule has 2 N–H and O–H groups in total. The van der Waals surface area contributed by atoms with Crippen molar-refractivity contribution in [2.24, 2.45) is 5.92 Å². The fourth-order valence-electron chi connectivity index (χ4n) is 3.13. The van der Waals surface area contributed by atoms with E-state index in [2.05, 4.69) is 25.2 Å². The average molecular weight is 433 g/mol. The fourth-order valence-corrected chi connectivity index (χ4v) is 3.82. The molecule has 29 heavy (non-hydrogen) atoms. The summed E-state index contributed by atoms with van der Waals surface area (Å²) >= 11 is 0. The largest absolute Gasteiger partial charge is 0.433 e. The van der Waals surface area contributed by atoms with Crippen LogP contribution in [0.15, 0.2) is 22.9 Å². The van der Waals surface area contributed by atoms with Gasteiger partial charge in [0.15, 0.2) is 0 Å². The zero-order chi connectivity index (χ0) is 21.1. The molecule has 0 radical (unpaired) electrons. The minimum absolute atomic E-state index is 0.0673. The molecular weight excluding hydrogens is 411 g/mol. The molecule has 0 aromatic carbocycles. The number of alkyl halides is 3. The van der Waals surface area contributed by atoms with Gasteiger partial charge in [0.1, 0.15) is 5.69 Å². The van der Waals surface area contributed by atoms with E-state index < -0.39 is 21.9 Å². The first-order valence-electron chi connectivity index (χ1n) is 9.27. The standard InChI is InChI=1S/C17H22F3N5O3S/c1-2-29(26,27)22-9-11-3-6-13(7-4-11)23-16-24-15(25-28-16)12-5-8-14(21-10-12)17(18,19)20/h5,8,10-11,13,22H,2-4,6-7,9H2,1H3,(H,23,24,25)/t11-,13-. The van der Waals surface area contributed by atoms with Gasteiger partial charge in [0.05, 0.1) is 5.75 Å². The molecule has 2 heterocycles. The first-order chi connectivity index (χ1) is 13.7. The van der Waals surface area contributed by atoms with Crippen LogP contribution in [-0.2, 0) is 16.2 Å². The zero-order valence-electron chi connectivity index (χ0n) is 15.7. The predicted octanol–water partition coefficient (Wildman–Crippen LogP) is 3.06. The molecular formula is C17H22F3N5O3S. The second-order valence-electron chi connectivity index (χ2n) is 6.97. The molecule has 12 heteroatoms. The lowest BCUT2D eigenvalue weighted by molar-refractivity contribution is -0.141. The SMILES string of the molecule is CCS(=O)(=O)NC[C@H]1CC[C@H](Nc2nc(-c3ccc(C(F)(F)F)nc3)no2)CC1. The number of pyridine rings is 1. The lowest BCUT2D eigenvalue weighted by atomic mass is 9.86. The number of rotatable bonds is 7. The molecule has 0 amide bonds. The summed E-state index contributed by atoms with van der Waals surface area (Å²) in [6.45, 7) is 2.04. The van der Waals surface area contributed by atoms with Crippen molar-refractivity contribution < 1.29 is 26.1 Å². The molecule has 2 aromatic heterocycles. The van der Waals surface area contributed by atoms with E-state index in [0.717, 1.165) is 37.9 Å². The van der Waals surface area contributed by atoms with Gasteiger partial charge in [-0.25, -0.2) is 13.1 Å². The summed E-state index contributed by atoms with van der Waals surface area (Å²) in [7, 11) is -3.18. The number of anilines is 1. The molecule has 1 aliphatic rings. The van der Waals surface area contributed by atoms with Crippen LogP contribution in [0.3, 0.4) is 0 Å². The van der Waals surface area contributed by atoms with Crippen molar-refractivity contribution in [1.29, 1.82) is 0 Å². The van der Waals surface area contributed by atoms with E-state index in [1.54, 1.807) is 6.92 Å². The van der Waals surface area contributed by atoms with E-state index >= 15 is 0 Å². The van der Waals surface area contributed by atoms with Crippen molar-refractivity contribution in [2.75, 3.05) is 17.6 Å². The Labute approximate surface area is 166 Å². The first kappa shape index (κ1) is 21.5. The van der Waals surface area contributed by atoms with Crippen LogP contribution < -0.4 is 10.0 Å². The van der Waals surface area contributed by atoms with Crippen LogP contribution in [0.4, 0.5) is 19.2 Å². The Morgan fingerprint density at radius 3 is 2.52 bits per heavy atom. The Bertz CT molecular complexity index is 907. The molecule has 160 valence electrons. The van der Waals surface area contributed by atoms with Crippen molar-refractivity contribution >= 4 is 16.0 Å². The van der Waals surface area contributed by atoms with Crippen LogP contribution in [0.1, 0.15) is 38.3 Å². The van der Waals surface area contributed by atoms with E-state index in [-0.39, 0.29) is 29.6 Å². The summed E-state index contributed by atoms with van der Waals surface area (Å²) in [5, 5.41) is 6.91. The highest BCUT2D eigenvalue weighted by molar-refractivity contribution is 7.89. The van der Waals surface area contributed by atoms with E-state index in [1.165, 1.54) is 6.07 Å². The Balaban J connectivity index is 1.51. The van der Waals surface area contributed by atoms with Gasteiger partial charge in [0.2, 0.25) is 15.8 Å². The van der Waals surface area contributed by atoms with Gasteiger partial charge in [-0.05, 0) is 50.7 Å². The van der Waals surface area contributed by atoms with Gasteiger partial charge in [-0.3, -0.25) is 4.98 Å². The highest BCUT2D eigenvalue weighted by Gasteiger charge is 2.32. The summed E-state index contributed by atoms with van der Waals surface area (Å²) in [6.07, 6.45) is -0.102. The topological polar surface area (TPSA) is 110 Å². The van der Waals surface area contributed by atoms with E-state index in [4.69, 9.17) is 4.52 Å². The van der Waals surface area contributed by atoms with Crippen molar-refractivity contribution in [3.05, 3.63) is 24.0 Å². The Morgan fingerprint density at radius 2 is 1.93 bits per heavy atom. The van der Waals surface area contributed by atoms with Crippen LogP contribution in [0, 0.1) is 5.92 Å². The maximum Gasteiger partial charge on any atom is 0.433 e. The lowest BCUT2D eigenvalue weighted by Gasteiger charge is -2.28. The number of nitrogens with one attached hydrogen (secondary N) is 2. The number of hydrogen-bond donors (Lipinski definition) is 2. The van der Waals surface area contributed by atoms with Crippen LogP contribution in [0.5, 0.6) is 0 Å². The molecule has 0 saturated heterocycles. The predicted molar refractivity (Wildman–Crippen MR) is 99.4 cm³/mol. The molecule has 0 atom stereocenters. The van der Waals surface area contributed by atoms with Gasteiger partial charge in [-0.2, -0.15) is 18.2 Å². The fraction of sp³-hybridized carbons (Fsp3) is 0.588.